The van der Waals surface area contributed by atoms with Crippen molar-refractivity contribution in [2.75, 3.05) is 0 Å². The van der Waals surface area contributed by atoms with E-state index in [2.05, 4.69) is 26.1 Å². The van der Waals surface area contributed by atoms with Gasteiger partial charge >= 0.3 is 5.97 Å². The van der Waals surface area contributed by atoms with Gasteiger partial charge in [-0.25, -0.2) is 0 Å². The molecule has 0 aliphatic rings. The molecule has 1 unspecified atom stereocenters. The maximum atomic E-state index is 12.4. The average Bonchev–Trinajstić information content (AvgIpc) is 2.49. The van der Waals surface area contributed by atoms with Gasteiger partial charge in [0.2, 0.25) is 0 Å². The number of carbonyl (C=O) groups is 3. The van der Waals surface area contributed by atoms with Crippen LogP contribution in [0.2, 0.25) is 5.02 Å². The molecule has 0 aliphatic carbocycles. The van der Waals surface area contributed by atoms with Crippen molar-refractivity contribution in [3.05, 3.63) is 34.9 Å². The van der Waals surface area contributed by atoms with Gasteiger partial charge in [-0.1, -0.05) is 38.4 Å². The summed E-state index contributed by atoms with van der Waals surface area (Å²) in [5, 5.41) is 11.9. The Balaban J connectivity index is 2.72. The molecule has 0 radical (unpaired) electrons. The highest BCUT2D eigenvalue weighted by atomic mass is 35.5. The number of Topliss-reactive ketones (excluding diaryl/α,β-unsaturated/α-hetero) is 1. The molecule has 0 aliphatic heterocycles. The molecule has 1 amide bonds. The number of carboxylic acid groups (broad SMARTS) is 1. The van der Waals surface area contributed by atoms with Crippen molar-refractivity contribution in [3.8, 4) is 0 Å². The van der Waals surface area contributed by atoms with E-state index in [0.717, 1.165) is 6.42 Å². The van der Waals surface area contributed by atoms with Crippen LogP contribution < -0.4 is 5.32 Å². The third-order valence-electron chi connectivity index (χ3n) is 3.78. The molecule has 5 nitrogen and oxygen atoms in total. The number of rotatable bonds is 9. The van der Waals surface area contributed by atoms with Crippen LogP contribution in [0.1, 0.15) is 63.2 Å². The molecule has 1 rings (SSSR count). The Morgan fingerprint density at radius 3 is 2.44 bits per heavy atom. The summed E-state index contributed by atoms with van der Waals surface area (Å²) in [4.78, 5) is 35.6. The highest BCUT2D eigenvalue weighted by molar-refractivity contribution is 6.31. The number of benzene rings is 1. The third-order valence-corrected chi connectivity index (χ3v) is 4.01. The second kappa shape index (κ2) is 9.56. The van der Waals surface area contributed by atoms with Crippen LogP contribution in [0.4, 0.5) is 0 Å². The zero-order valence-electron chi connectivity index (χ0n) is 15.0. The van der Waals surface area contributed by atoms with E-state index in [1.165, 1.54) is 6.07 Å². The molecule has 1 aromatic rings. The summed E-state index contributed by atoms with van der Waals surface area (Å²) >= 11 is 5.88. The minimum Gasteiger partial charge on any atom is -0.481 e. The molecule has 1 atom stereocenters. The Morgan fingerprint density at radius 1 is 1.20 bits per heavy atom. The maximum absolute atomic E-state index is 12.4. The standard InChI is InChI=1S/C19H26ClNO4/c1-19(2,3)11-5-8-16(22)15(9-10-17(23)24)21-18(25)13-6-4-7-14(20)12-13/h4,6-7,12,15H,5,8-11H2,1-3H3,(H,21,25)(H,23,24). The largest absolute Gasteiger partial charge is 0.481 e. The summed E-state index contributed by atoms with van der Waals surface area (Å²) < 4.78 is 0. The van der Waals surface area contributed by atoms with Gasteiger partial charge < -0.3 is 10.4 Å². The number of halogens is 1. The van der Waals surface area contributed by atoms with Gasteiger partial charge in [0.05, 0.1) is 6.04 Å². The summed E-state index contributed by atoms with van der Waals surface area (Å²) in [6.45, 7) is 6.29. The van der Waals surface area contributed by atoms with Gasteiger partial charge in [-0.15, -0.1) is 0 Å². The topological polar surface area (TPSA) is 83.5 Å². The van der Waals surface area contributed by atoms with Crippen LogP contribution in [0.15, 0.2) is 24.3 Å². The van der Waals surface area contributed by atoms with Gasteiger partial charge in [0.15, 0.2) is 5.78 Å². The first-order valence-electron chi connectivity index (χ1n) is 8.39. The van der Waals surface area contributed by atoms with Crippen LogP contribution in [0.5, 0.6) is 0 Å². The summed E-state index contributed by atoms with van der Waals surface area (Å²) in [7, 11) is 0. The second-order valence-electron chi connectivity index (χ2n) is 7.35. The van der Waals surface area contributed by atoms with Crippen LogP contribution in [0.3, 0.4) is 0 Å². The maximum Gasteiger partial charge on any atom is 0.303 e. The highest BCUT2D eigenvalue weighted by Crippen LogP contribution is 2.22. The number of hydrogen-bond acceptors (Lipinski definition) is 3. The quantitative estimate of drug-likeness (QED) is 0.688. The zero-order valence-corrected chi connectivity index (χ0v) is 15.7. The molecule has 0 saturated heterocycles. The average molecular weight is 368 g/mol. The van der Waals surface area contributed by atoms with Crippen LogP contribution in [-0.2, 0) is 9.59 Å². The molecule has 138 valence electrons. The number of nitrogens with one attached hydrogen (secondary N) is 1. The van der Waals surface area contributed by atoms with Crippen molar-refractivity contribution < 1.29 is 19.5 Å². The van der Waals surface area contributed by atoms with Gasteiger partial charge in [0, 0.05) is 23.4 Å². The molecule has 0 fully saturated rings. The Morgan fingerprint density at radius 2 is 1.88 bits per heavy atom. The number of hydrogen-bond donors (Lipinski definition) is 2. The van der Waals surface area contributed by atoms with E-state index >= 15 is 0 Å². The SMILES string of the molecule is CC(C)(C)CCCC(=O)C(CCC(=O)O)NC(=O)c1cccc(Cl)c1. The van der Waals surface area contributed by atoms with Crippen molar-refractivity contribution in [1.82, 2.24) is 5.32 Å². The van der Waals surface area contributed by atoms with Crippen molar-refractivity contribution in [1.29, 1.82) is 0 Å². The van der Waals surface area contributed by atoms with E-state index < -0.39 is 17.9 Å². The van der Waals surface area contributed by atoms with E-state index in [4.69, 9.17) is 16.7 Å². The van der Waals surface area contributed by atoms with Crippen LogP contribution >= 0.6 is 11.6 Å². The third kappa shape index (κ3) is 8.68. The molecule has 0 spiro atoms. The molecular formula is C19H26ClNO4. The molecule has 0 aromatic heterocycles. The number of carbonyl (C=O) groups excluding carboxylic acids is 2. The number of carboxylic acids is 1. The van der Waals surface area contributed by atoms with Crippen molar-refractivity contribution in [2.45, 2.75) is 58.9 Å². The van der Waals surface area contributed by atoms with Crippen LogP contribution in [0.25, 0.3) is 0 Å². The lowest BCUT2D eigenvalue weighted by Gasteiger charge is -2.20. The second-order valence-corrected chi connectivity index (χ2v) is 7.79. The van der Waals surface area contributed by atoms with E-state index in [1.807, 2.05) is 0 Å². The van der Waals surface area contributed by atoms with Gasteiger partial charge in [0.1, 0.15) is 0 Å². The fourth-order valence-corrected chi connectivity index (χ4v) is 2.61. The fourth-order valence-electron chi connectivity index (χ4n) is 2.42. The first kappa shape index (κ1) is 21.2. The molecular weight excluding hydrogens is 342 g/mol. The van der Waals surface area contributed by atoms with Gasteiger partial charge in [-0.05, 0) is 42.9 Å². The predicted molar refractivity (Wildman–Crippen MR) is 97.9 cm³/mol. The van der Waals surface area contributed by atoms with E-state index in [-0.39, 0.29) is 24.0 Å². The summed E-state index contributed by atoms with van der Waals surface area (Å²) in [5.74, 6) is -1.56. The molecule has 25 heavy (non-hydrogen) atoms. The molecule has 0 saturated carbocycles. The summed E-state index contributed by atoms with van der Waals surface area (Å²) in [6, 6.07) is 5.60. The summed E-state index contributed by atoms with van der Waals surface area (Å²) in [6.07, 6.45) is 1.81. The minimum absolute atomic E-state index is 0.0794. The molecule has 6 heteroatoms. The summed E-state index contributed by atoms with van der Waals surface area (Å²) in [5.41, 5.74) is 0.469. The normalized spacial score (nSPS) is 12.5. The lowest BCUT2D eigenvalue weighted by atomic mass is 9.88. The first-order chi connectivity index (χ1) is 11.6. The van der Waals surface area contributed by atoms with E-state index in [1.54, 1.807) is 18.2 Å². The number of aliphatic carboxylic acids is 1. The highest BCUT2D eigenvalue weighted by Gasteiger charge is 2.22. The first-order valence-corrected chi connectivity index (χ1v) is 8.77. The number of ketones is 1. The lowest BCUT2D eigenvalue weighted by Crippen LogP contribution is -2.41. The minimum atomic E-state index is -0.996. The zero-order chi connectivity index (χ0) is 19.0. The van der Waals surface area contributed by atoms with Gasteiger partial charge in [0.25, 0.3) is 5.91 Å². The van der Waals surface area contributed by atoms with E-state index in [0.29, 0.717) is 23.4 Å². The van der Waals surface area contributed by atoms with Crippen LogP contribution in [0, 0.1) is 5.41 Å². The van der Waals surface area contributed by atoms with Gasteiger partial charge in [-0.3, -0.25) is 14.4 Å². The molecule has 1 aromatic carbocycles. The Bertz CT molecular complexity index is 622. The Labute approximate surface area is 153 Å². The molecule has 0 heterocycles. The van der Waals surface area contributed by atoms with Crippen LogP contribution in [-0.4, -0.2) is 28.8 Å². The van der Waals surface area contributed by atoms with Gasteiger partial charge in [-0.2, -0.15) is 0 Å². The lowest BCUT2D eigenvalue weighted by molar-refractivity contribution is -0.137. The monoisotopic (exact) mass is 367 g/mol. The van der Waals surface area contributed by atoms with Crippen molar-refractivity contribution in [3.63, 3.8) is 0 Å². The molecule has 0 bridgehead atoms. The van der Waals surface area contributed by atoms with Crippen molar-refractivity contribution >= 4 is 29.3 Å². The van der Waals surface area contributed by atoms with E-state index in [9.17, 15) is 14.4 Å². The predicted octanol–water partition coefficient (Wildman–Crippen LogP) is 4.09. The van der Waals surface area contributed by atoms with Crippen molar-refractivity contribution in [2.24, 2.45) is 5.41 Å². The smallest absolute Gasteiger partial charge is 0.303 e. The number of amides is 1. The molecule has 2 N–H and O–H groups in total. The Kier molecular flexibility index (Phi) is 8.10. The Hall–Kier alpha value is -1.88. The fraction of sp³-hybridized carbons (Fsp3) is 0.526.